The number of esters is 1. The van der Waals surface area contributed by atoms with Gasteiger partial charge in [0, 0.05) is 17.8 Å². The maximum absolute atomic E-state index is 12.0. The van der Waals surface area contributed by atoms with E-state index in [0.717, 1.165) is 12.8 Å². The molecule has 6 heteroatoms. The normalized spacial score (nSPS) is 47.4. The molecule has 18 heavy (non-hydrogen) atoms. The zero-order chi connectivity index (χ0) is 13.2. The minimum Gasteiger partial charge on any atom is -0.465 e. The van der Waals surface area contributed by atoms with Crippen molar-refractivity contribution in [2.45, 2.75) is 50.9 Å². The summed E-state index contributed by atoms with van der Waals surface area (Å²) < 4.78 is 34.4. The second-order valence-corrected chi connectivity index (χ2v) is 7.77. The molecule has 2 bridgehead atoms. The van der Waals surface area contributed by atoms with Gasteiger partial charge in [-0.3, -0.25) is 8.98 Å². The second-order valence-electron chi connectivity index (χ2n) is 6.02. The summed E-state index contributed by atoms with van der Waals surface area (Å²) in [6.45, 7) is 3.74. The third-order valence-corrected chi connectivity index (χ3v) is 6.90. The third-order valence-electron chi connectivity index (χ3n) is 5.06. The molecule has 5 nitrogen and oxygen atoms in total. The van der Waals surface area contributed by atoms with E-state index in [1.165, 1.54) is 6.92 Å². The number of hydrogen-bond donors (Lipinski definition) is 0. The molecule has 0 amide bonds. The van der Waals surface area contributed by atoms with Crippen LogP contribution in [0.5, 0.6) is 0 Å². The number of hydrogen-bond acceptors (Lipinski definition) is 5. The van der Waals surface area contributed by atoms with E-state index in [0.29, 0.717) is 19.4 Å². The van der Waals surface area contributed by atoms with Gasteiger partial charge in [0.2, 0.25) is 0 Å². The summed E-state index contributed by atoms with van der Waals surface area (Å²) in [6.07, 6.45) is 2.68. The van der Waals surface area contributed by atoms with Gasteiger partial charge in [0.15, 0.2) is 0 Å². The van der Waals surface area contributed by atoms with Crippen LogP contribution in [0.1, 0.15) is 39.5 Å². The maximum Gasteiger partial charge on any atom is 0.302 e. The fraction of sp³-hybridized carbons (Fsp3) is 0.917. The smallest absolute Gasteiger partial charge is 0.302 e. The summed E-state index contributed by atoms with van der Waals surface area (Å²) in [7, 11) is -3.42. The highest BCUT2D eigenvalue weighted by atomic mass is 32.2. The average molecular weight is 274 g/mol. The van der Waals surface area contributed by atoms with E-state index in [1.807, 2.05) is 6.92 Å². The molecule has 0 radical (unpaired) electrons. The minimum absolute atomic E-state index is 0.180. The predicted molar refractivity (Wildman–Crippen MR) is 63.2 cm³/mol. The van der Waals surface area contributed by atoms with E-state index in [4.69, 9.17) is 8.92 Å². The van der Waals surface area contributed by atoms with Crippen molar-refractivity contribution in [3.63, 3.8) is 0 Å². The van der Waals surface area contributed by atoms with E-state index in [-0.39, 0.29) is 22.9 Å². The molecule has 4 unspecified atom stereocenters. The molecule has 3 fully saturated rings. The van der Waals surface area contributed by atoms with Gasteiger partial charge in [-0.25, -0.2) is 0 Å². The van der Waals surface area contributed by atoms with Crippen LogP contribution < -0.4 is 0 Å². The zero-order valence-electron chi connectivity index (χ0n) is 10.6. The largest absolute Gasteiger partial charge is 0.465 e. The molecule has 1 aliphatic heterocycles. The third kappa shape index (κ3) is 1.42. The standard InChI is InChI=1S/C12H18O5S/c1-3-12-6-11(7-16-8(2)13)4-9(12)17-18(14,15)10(12)5-11/h9-10H,3-7H2,1-2H3. The van der Waals surface area contributed by atoms with Crippen molar-refractivity contribution in [2.24, 2.45) is 10.8 Å². The summed E-state index contributed by atoms with van der Waals surface area (Å²) in [4.78, 5) is 11.0. The van der Waals surface area contributed by atoms with Crippen LogP contribution >= 0.6 is 0 Å². The molecule has 3 aliphatic rings. The van der Waals surface area contributed by atoms with Crippen LogP contribution in [0.15, 0.2) is 0 Å². The van der Waals surface area contributed by atoms with Gasteiger partial charge in [0.05, 0.1) is 18.0 Å². The highest BCUT2D eigenvalue weighted by Crippen LogP contribution is 2.69. The Morgan fingerprint density at radius 2 is 2.17 bits per heavy atom. The molecule has 0 spiro atoms. The lowest BCUT2D eigenvalue weighted by atomic mass is 9.78. The monoisotopic (exact) mass is 274 g/mol. The summed E-state index contributed by atoms with van der Waals surface area (Å²) >= 11 is 0. The first-order chi connectivity index (χ1) is 8.34. The van der Waals surface area contributed by atoms with Crippen LogP contribution in [-0.4, -0.2) is 32.3 Å². The Kier molecular flexibility index (Phi) is 2.40. The van der Waals surface area contributed by atoms with Crippen molar-refractivity contribution >= 4 is 16.1 Å². The Morgan fingerprint density at radius 3 is 2.67 bits per heavy atom. The van der Waals surface area contributed by atoms with Gasteiger partial charge in [-0.2, -0.15) is 8.42 Å². The molecule has 1 heterocycles. The van der Waals surface area contributed by atoms with Gasteiger partial charge < -0.3 is 4.74 Å². The fourth-order valence-corrected chi connectivity index (χ4v) is 6.56. The van der Waals surface area contributed by atoms with Crippen LogP contribution in [0.4, 0.5) is 0 Å². The van der Waals surface area contributed by atoms with Crippen LogP contribution in [0.3, 0.4) is 0 Å². The van der Waals surface area contributed by atoms with E-state index in [1.54, 1.807) is 0 Å². The van der Waals surface area contributed by atoms with Gasteiger partial charge in [-0.05, 0) is 25.7 Å². The number of ether oxygens (including phenoxy) is 1. The molecule has 0 N–H and O–H groups in total. The highest BCUT2D eigenvalue weighted by molar-refractivity contribution is 7.87. The van der Waals surface area contributed by atoms with Crippen molar-refractivity contribution in [1.29, 1.82) is 0 Å². The first-order valence-electron chi connectivity index (χ1n) is 6.39. The quantitative estimate of drug-likeness (QED) is 0.572. The van der Waals surface area contributed by atoms with Crippen LogP contribution in [0, 0.1) is 10.8 Å². The van der Waals surface area contributed by atoms with Crippen molar-refractivity contribution in [2.75, 3.05) is 6.61 Å². The number of fused-ring (bicyclic) bond motifs is 1. The Bertz CT molecular complexity index is 499. The summed E-state index contributed by atoms with van der Waals surface area (Å²) in [5.74, 6) is -0.304. The summed E-state index contributed by atoms with van der Waals surface area (Å²) in [5, 5.41) is -0.399. The van der Waals surface area contributed by atoms with Crippen LogP contribution in [0.25, 0.3) is 0 Å². The average Bonchev–Trinajstić information content (AvgIpc) is 2.79. The van der Waals surface area contributed by atoms with Gasteiger partial charge in [-0.1, -0.05) is 6.92 Å². The van der Waals surface area contributed by atoms with Gasteiger partial charge in [0.25, 0.3) is 10.1 Å². The van der Waals surface area contributed by atoms with E-state index in [9.17, 15) is 13.2 Å². The number of rotatable bonds is 3. The fourth-order valence-electron chi connectivity index (χ4n) is 4.31. The molecule has 0 aromatic heterocycles. The highest BCUT2D eigenvalue weighted by Gasteiger charge is 2.73. The lowest BCUT2D eigenvalue weighted by molar-refractivity contribution is -0.144. The Labute approximate surface area is 107 Å². The van der Waals surface area contributed by atoms with E-state index < -0.39 is 15.4 Å². The lowest BCUT2D eigenvalue weighted by Crippen LogP contribution is -2.36. The molecular formula is C12H18O5S. The first-order valence-corrected chi connectivity index (χ1v) is 7.86. The molecule has 102 valence electrons. The van der Waals surface area contributed by atoms with Crippen molar-refractivity contribution < 1.29 is 22.1 Å². The summed E-state index contributed by atoms with van der Waals surface area (Å²) in [6, 6.07) is 0. The molecule has 3 rings (SSSR count). The SMILES string of the molecule is CCC12CC3(COC(C)=O)CC1OS(=O)(=O)C2C3. The molecule has 0 aromatic carbocycles. The Balaban J connectivity index is 1.92. The van der Waals surface area contributed by atoms with Crippen molar-refractivity contribution in [3.8, 4) is 0 Å². The van der Waals surface area contributed by atoms with Crippen molar-refractivity contribution in [3.05, 3.63) is 0 Å². The first kappa shape index (κ1) is 12.4. The molecule has 4 atom stereocenters. The second kappa shape index (κ2) is 3.48. The van der Waals surface area contributed by atoms with Gasteiger partial charge >= 0.3 is 5.97 Å². The van der Waals surface area contributed by atoms with Crippen LogP contribution in [-0.2, 0) is 23.8 Å². The van der Waals surface area contributed by atoms with E-state index >= 15 is 0 Å². The zero-order valence-corrected chi connectivity index (χ0v) is 11.5. The Hall–Kier alpha value is -0.620. The predicted octanol–water partition coefficient (Wildman–Crippen LogP) is 1.23. The van der Waals surface area contributed by atoms with E-state index in [2.05, 4.69) is 0 Å². The Morgan fingerprint density at radius 1 is 1.44 bits per heavy atom. The molecule has 0 aromatic rings. The van der Waals surface area contributed by atoms with Gasteiger partial charge in [0.1, 0.15) is 0 Å². The maximum atomic E-state index is 12.0. The summed E-state index contributed by atoms with van der Waals surface area (Å²) in [5.41, 5.74) is -0.417. The molecule has 2 saturated carbocycles. The molecule has 2 aliphatic carbocycles. The van der Waals surface area contributed by atoms with Crippen LogP contribution in [0.2, 0.25) is 0 Å². The number of carbonyl (C=O) groups is 1. The number of carbonyl (C=O) groups excluding carboxylic acids is 1. The van der Waals surface area contributed by atoms with Crippen molar-refractivity contribution in [1.82, 2.24) is 0 Å². The minimum atomic E-state index is -3.42. The molecule has 1 saturated heterocycles. The topological polar surface area (TPSA) is 69.7 Å². The molecular weight excluding hydrogens is 256 g/mol. The lowest BCUT2D eigenvalue weighted by Gasteiger charge is -2.29. The van der Waals surface area contributed by atoms with Gasteiger partial charge in [-0.15, -0.1) is 0 Å².